The highest BCUT2D eigenvalue weighted by Gasteiger charge is 2.20. The van der Waals surface area contributed by atoms with Crippen LogP contribution in [0.1, 0.15) is 121 Å². The van der Waals surface area contributed by atoms with Crippen LogP contribution in [0, 0.1) is 0 Å². The molecule has 0 aliphatic heterocycles. The molecule has 0 saturated heterocycles. The van der Waals surface area contributed by atoms with Gasteiger partial charge < -0.3 is 10.6 Å². The predicted octanol–water partition coefficient (Wildman–Crippen LogP) is 7.58. The fraction of sp³-hybridized carbons (Fsp3) is 0.714. The molecule has 0 amide bonds. The SMILES string of the molecule is C/C=C\C(=C/C=NC)Nc1nc(NC2CCCCCCCC2)nc(C2CCCCCCCC2)n1. The normalized spacial score (nSPS) is 20.8. The molecule has 2 saturated carbocycles. The lowest BCUT2D eigenvalue weighted by molar-refractivity contribution is 0.513. The third-order valence-electron chi connectivity index (χ3n) is 7.07. The average molecular weight is 467 g/mol. The van der Waals surface area contributed by atoms with E-state index in [1.807, 2.05) is 25.2 Å². The largest absolute Gasteiger partial charge is 0.351 e. The molecule has 2 aliphatic carbocycles. The molecule has 2 fully saturated rings. The number of hydrogen-bond donors (Lipinski definition) is 2. The zero-order chi connectivity index (χ0) is 23.8. The van der Waals surface area contributed by atoms with Crippen LogP contribution in [0.5, 0.6) is 0 Å². The van der Waals surface area contributed by atoms with E-state index in [9.17, 15) is 0 Å². The molecule has 6 nitrogen and oxygen atoms in total. The number of allylic oxidation sites excluding steroid dienone is 3. The zero-order valence-electron chi connectivity index (χ0n) is 21.6. The van der Waals surface area contributed by atoms with Gasteiger partial charge in [0.2, 0.25) is 11.9 Å². The molecule has 0 bridgehead atoms. The van der Waals surface area contributed by atoms with Gasteiger partial charge in [-0.15, -0.1) is 0 Å². The van der Waals surface area contributed by atoms with Gasteiger partial charge in [-0.2, -0.15) is 15.0 Å². The molecule has 2 aliphatic rings. The summed E-state index contributed by atoms with van der Waals surface area (Å²) in [5, 5.41) is 7.14. The van der Waals surface area contributed by atoms with Crippen molar-refractivity contribution < 1.29 is 0 Å². The number of nitrogens with zero attached hydrogens (tertiary/aromatic N) is 4. The maximum absolute atomic E-state index is 5.01. The second-order valence-corrected chi connectivity index (χ2v) is 9.93. The molecule has 6 heteroatoms. The van der Waals surface area contributed by atoms with Gasteiger partial charge in [0.05, 0.1) is 0 Å². The van der Waals surface area contributed by atoms with E-state index in [1.165, 1.54) is 103 Å². The van der Waals surface area contributed by atoms with Gasteiger partial charge in [0.15, 0.2) is 0 Å². The lowest BCUT2D eigenvalue weighted by Crippen LogP contribution is -2.22. The maximum Gasteiger partial charge on any atom is 0.232 e. The third kappa shape index (κ3) is 9.55. The Balaban J connectivity index is 1.86. The number of aliphatic imine (C=N–C) groups is 1. The fourth-order valence-electron chi connectivity index (χ4n) is 5.15. The first-order valence-electron chi connectivity index (χ1n) is 13.8. The van der Waals surface area contributed by atoms with Crippen molar-refractivity contribution in [3.05, 3.63) is 29.7 Å². The second kappa shape index (κ2) is 15.6. The van der Waals surface area contributed by atoms with Crippen molar-refractivity contribution in [2.45, 2.75) is 122 Å². The maximum atomic E-state index is 5.01. The lowest BCUT2D eigenvalue weighted by Gasteiger charge is -2.21. The summed E-state index contributed by atoms with van der Waals surface area (Å²) in [5.41, 5.74) is 0.924. The molecular weight excluding hydrogens is 420 g/mol. The molecule has 0 radical (unpaired) electrons. The van der Waals surface area contributed by atoms with E-state index in [4.69, 9.17) is 15.0 Å². The summed E-state index contributed by atoms with van der Waals surface area (Å²) in [6, 6.07) is 0.444. The van der Waals surface area contributed by atoms with Gasteiger partial charge in [-0.05, 0) is 44.8 Å². The van der Waals surface area contributed by atoms with E-state index in [0.717, 1.165) is 17.5 Å². The molecular formula is C28H46N6. The van der Waals surface area contributed by atoms with E-state index in [1.54, 1.807) is 13.3 Å². The van der Waals surface area contributed by atoms with E-state index < -0.39 is 0 Å². The molecule has 1 aromatic rings. The van der Waals surface area contributed by atoms with Crippen LogP contribution in [0.15, 0.2) is 28.9 Å². The van der Waals surface area contributed by atoms with Gasteiger partial charge in [0, 0.05) is 30.9 Å². The van der Waals surface area contributed by atoms with Crippen LogP contribution < -0.4 is 10.6 Å². The summed E-state index contributed by atoms with van der Waals surface area (Å²) in [7, 11) is 1.78. The third-order valence-corrected chi connectivity index (χ3v) is 7.07. The van der Waals surface area contributed by atoms with Crippen LogP contribution >= 0.6 is 0 Å². The Labute approximate surface area is 207 Å². The number of nitrogens with one attached hydrogen (secondary N) is 2. The predicted molar refractivity (Wildman–Crippen MR) is 145 cm³/mol. The summed E-state index contributed by atoms with van der Waals surface area (Å²) >= 11 is 0. The van der Waals surface area contributed by atoms with Gasteiger partial charge in [0.25, 0.3) is 0 Å². The molecule has 0 aromatic carbocycles. The molecule has 1 aromatic heterocycles. The van der Waals surface area contributed by atoms with E-state index >= 15 is 0 Å². The van der Waals surface area contributed by atoms with Gasteiger partial charge in [-0.3, -0.25) is 4.99 Å². The molecule has 188 valence electrons. The van der Waals surface area contributed by atoms with Crippen LogP contribution in [0.4, 0.5) is 11.9 Å². The number of aromatic nitrogens is 3. The number of anilines is 2. The topological polar surface area (TPSA) is 75.1 Å². The summed E-state index contributed by atoms with van der Waals surface area (Å²) in [5.74, 6) is 2.73. The lowest BCUT2D eigenvalue weighted by atomic mass is 9.96. The molecule has 0 spiro atoms. The Morgan fingerprint density at radius 2 is 1.32 bits per heavy atom. The second-order valence-electron chi connectivity index (χ2n) is 9.93. The Morgan fingerprint density at radius 3 is 1.91 bits per heavy atom. The Morgan fingerprint density at radius 1 is 0.765 bits per heavy atom. The standard InChI is InChI=1S/C28H46N6/c1-3-16-24(21-22-29-2)30-27-32-26(23-17-12-8-4-5-9-13-18-23)33-28(34-27)31-25-19-14-10-6-7-11-15-20-25/h3,16,21-23,25H,4-15,17-20H2,1-2H3,(H2,30,31,32,33,34)/b16-3-,24-21+,29-22?. The fourth-order valence-corrected chi connectivity index (χ4v) is 5.15. The quantitative estimate of drug-likeness (QED) is 0.320. The first-order chi connectivity index (χ1) is 16.8. The first kappa shape index (κ1) is 26.4. The van der Waals surface area contributed by atoms with E-state index in [0.29, 0.717) is 17.9 Å². The molecule has 3 rings (SSSR count). The summed E-state index contributed by atoms with van der Waals surface area (Å²) < 4.78 is 0. The van der Waals surface area contributed by atoms with Crippen molar-refractivity contribution in [3.8, 4) is 0 Å². The Hall–Kier alpha value is -2.24. The summed E-state index contributed by atoms with van der Waals surface area (Å²) in [4.78, 5) is 18.9. The van der Waals surface area contributed by atoms with Crippen molar-refractivity contribution in [3.63, 3.8) is 0 Å². The number of hydrogen-bond acceptors (Lipinski definition) is 6. The average Bonchev–Trinajstić information content (AvgIpc) is 3.06. The van der Waals surface area contributed by atoms with Crippen LogP contribution in [-0.2, 0) is 0 Å². The van der Waals surface area contributed by atoms with Crippen molar-refractivity contribution >= 4 is 18.1 Å². The van der Waals surface area contributed by atoms with E-state index in [2.05, 4.69) is 15.6 Å². The molecule has 0 unspecified atom stereocenters. The van der Waals surface area contributed by atoms with Crippen LogP contribution in [-0.4, -0.2) is 34.3 Å². The van der Waals surface area contributed by atoms with Gasteiger partial charge in [0.1, 0.15) is 5.82 Å². The molecule has 34 heavy (non-hydrogen) atoms. The summed E-state index contributed by atoms with van der Waals surface area (Å²) in [6.07, 6.45) is 28.4. The van der Waals surface area contributed by atoms with Gasteiger partial charge in [-0.25, -0.2) is 0 Å². The minimum atomic E-state index is 0.411. The van der Waals surface area contributed by atoms with Crippen LogP contribution in [0.2, 0.25) is 0 Å². The van der Waals surface area contributed by atoms with Crippen molar-refractivity contribution in [2.24, 2.45) is 4.99 Å². The number of rotatable bonds is 7. The minimum absolute atomic E-state index is 0.411. The Bertz CT molecular complexity index is 780. The molecule has 1 heterocycles. The Kier molecular flexibility index (Phi) is 12.1. The monoisotopic (exact) mass is 466 g/mol. The highest BCUT2D eigenvalue weighted by molar-refractivity contribution is 5.74. The van der Waals surface area contributed by atoms with Crippen LogP contribution in [0.3, 0.4) is 0 Å². The van der Waals surface area contributed by atoms with Crippen LogP contribution in [0.25, 0.3) is 0 Å². The molecule has 2 N–H and O–H groups in total. The highest BCUT2D eigenvalue weighted by atomic mass is 15.2. The zero-order valence-corrected chi connectivity index (χ0v) is 21.6. The van der Waals surface area contributed by atoms with Gasteiger partial charge >= 0.3 is 0 Å². The van der Waals surface area contributed by atoms with Crippen molar-refractivity contribution in [1.82, 2.24) is 15.0 Å². The van der Waals surface area contributed by atoms with E-state index in [-0.39, 0.29) is 0 Å². The minimum Gasteiger partial charge on any atom is -0.351 e. The molecule has 0 atom stereocenters. The summed E-state index contributed by atoms with van der Waals surface area (Å²) in [6.45, 7) is 2.01. The first-order valence-corrected chi connectivity index (χ1v) is 13.8. The van der Waals surface area contributed by atoms with Crippen molar-refractivity contribution in [2.75, 3.05) is 17.7 Å². The van der Waals surface area contributed by atoms with Crippen molar-refractivity contribution in [1.29, 1.82) is 0 Å². The van der Waals surface area contributed by atoms with Gasteiger partial charge in [-0.1, -0.05) is 83.1 Å². The highest BCUT2D eigenvalue weighted by Crippen LogP contribution is 2.30. The smallest absolute Gasteiger partial charge is 0.232 e.